The molecule has 0 aliphatic heterocycles. The van der Waals surface area contributed by atoms with Crippen LogP contribution in [0.4, 0.5) is 15.8 Å². The number of halogens is 1. The first-order valence-corrected chi connectivity index (χ1v) is 5.54. The molecule has 0 saturated heterocycles. The average Bonchev–Trinajstić information content (AvgIpc) is 2.37. The number of carboxylic acid groups (broad SMARTS) is 1. The summed E-state index contributed by atoms with van der Waals surface area (Å²) in [4.78, 5) is 31.9. The molecule has 0 saturated carbocycles. The predicted octanol–water partition coefficient (Wildman–Crippen LogP) is 0.864. The van der Waals surface area contributed by atoms with E-state index in [0.717, 1.165) is 18.2 Å². The van der Waals surface area contributed by atoms with Gasteiger partial charge in [-0.05, 0) is 12.5 Å². The first-order valence-electron chi connectivity index (χ1n) is 5.54. The monoisotopic (exact) mass is 285 g/mol. The van der Waals surface area contributed by atoms with E-state index in [0.29, 0.717) is 0 Å². The lowest BCUT2D eigenvalue weighted by molar-refractivity contribution is -0.384. The molecule has 0 aromatic heterocycles. The molecule has 0 heterocycles. The number of hydrogen-bond donors (Lipinski definition) is 3. The van der Waals surface area contributed by atoms with Gasteiger partial charge in [-0.3, -0.25) is 19.7 Å². The molecule has 1 rings (SSSR count). The molecule has 0 aliphatic carbocycles. The van der Waals surface area contributed by atoms with Crippen molar-refractivity contribution in [1.82, 2.24) is 0 Å². The highest BCUT2D eigenvalue weighted by atomic mass is 19.1. The van der Waals surface area contributed by atoms with Crippen LogP contribution in [0.1, 0.15) is 12.8 Å². The quantitative estimate of drug-likeness (QED) is 0.524. The molecule has 0 spiro atoms. The molecule has 0 aliphatic rings. The standard InChI is InChI=1S/C11H12FN3O5/c12-6-2-1-3-8(15(19)20)10(6)14-11(18)7(13)4-5-9(16)17/h1-3,7H,4-5,13H2,(H,14,18)(H,16,17). The highest BCUT2D eigenvalue weighted by molar-refractivity contribution is 5.96. The summed E-state index contributed by atoms with van der Waals surface area (Å²) < 4.78 is 13.5. The first kappa shape index (κ1) is 15.5. The lowest BCUT2D eigenvalue weighted by Gasteiger charge is -2.11. The van der Waals surface area contributed by atoms with E-state index in [4.69, 9.17) is 10.8 Å². The second-order valence-corrected chi connectivity index (χ2v) is 3.92. The SMILES string of the molecule is NC(CCC(=O)O)C(=O)Nc1c(F)cccc1[N+](=O)[O-]. The maximum Gasteiger partial charge on any atom is 0.303 e. The molecular weight excluding hydrogens is 273 g/mol. The molecule has 8 nitrogen and oxygen atoms in total. The fraction of sp³-hybridized carbons (Fsp3) is 0.273. The minimum Gasteiger partial charge on any atom is -0.481 e. The number of amides is 1. The van der Waals surface area contributed by atoms with Crippen LogP contribution >= 0.6 is 0 Å². The minimum absolute atomic E-state index is 0.163. The van der Waals surface area contributed by atoms with Crippen molar-refractivity contribution in [2.75, 3.05) is 5.32 Å². The molecule has 1 amide bonds. The van der Waals surface area contributed by atoms with E-state index in [1.165, 1.54) is 0 Å². The number of rotatable bonds is 6. The van der Waals surface area contributed by atoms with Gasteiger partial charge >= 0.3 is 5.97 Å². The average molecular weight is 285 g/mol. The lowest BCUT2D eigenvalue weighted by atomic mass is 10.1. The fourth-order valence-electron chi connectivity index (χ4n) is 1.41. The lowest BCUT2D eigenvalue weighted by Crippen LogP contribution is -2.36. The van der Waals surface area contributed by atoms with Crippen molar-refractivity contribution >= 4 is 23.3 Å². The summed E-state index contributed by atoms with van der Waals surface area (Å²) in [5, 5.41) is 21.2. The number of para-hydroxylation sites is 1. The van der Waals surface area contributed by atoms with Crippen LogP contribution in [0.2, 0.25) is 0 Å². The van der Waals surface area contributed by atoms with Gasteiger partial charge in [0.1, 0.15) is 0 Å². The van der Waals surface area contributed by atoms with Gasteiger partial charge in [-0.25, -0.2) is 4.39 Å². The number of nitro groups is 1. The Morgan fingerprint density at radius 3 is 2.70 bits per heavy atom. The number of nitrogens with one attached hydrogen (secondary N) is 1. The summed E-state index contributed by atoms with van der Waals surface area (Å²) in [6.45, 7) is 0. The molecule has 9 heteroatoms. The van der Waals surface area contributed by atoms with Crippen LogP contribution in [-0.4, -0.2) is 27.9 Å². The number of anilines is 1. The number of nitro benzene ring substituents is 1. The van der Waals surface area contributed by atoms with Crippen LogP contribution in [0, 0.1) is 15.9 Å². The molecule has 1 aromatic rings. The smallest absolute Gasteiger partial charge is 0.303 e. The van der Waals surface area contributed by atoms with Gasteiger partial charge in [-0.15, -0.1) is 0 Å². The van der Waals surface area contributed by atoms with Crippen molar-refractivity contribution in [3.63, 3.8) is 0 Å². The summed E-state index contributed by atoms with van der Waals surface area (Å²) in [5.41, 5.74) is 4.22. The zero-order valence-corrected chi connectivity index (χ0v) is 10.2. The maximum atomic E-state index is 13.5. The fourth-order valence-corrected chi connectivity index (χ4v) is 1.41. The summed E-state index contributed by atoms with van der Waals surface area (Å²) in [7, 11) is 0. The molecular formula is C11H12FN3O5. The molecule has 0 radical (unpaired) electrons. The Hall–Kier alpha value is -2.55. The third-order valence-electron chi connectivity index (χ3n) is 2.44. The van der Waals surface area contributed by atoms with Crippen molar-refractivity contribution in [3.8, 4) is 0 Å². The highest BCUT2D eigenvalue weighted by Crippen LogP contribution is 2.27. The first-order chi connectivity index (χ1) is 9.32. The summed E-state index contributed by atoms with van der Waals surface area (Å²) in [5.74, 6) is -3.00. The van der Waals surface area contributed by atoms with Gasteiger partial charge in [0, 0.05) is 12.5 Å². The molecule has 108 valence electrons. The number of carbonyl (C=O) groups is 2. The zero-order chi connectivity index (χ0) is 15.3. The normalized spacial score (nSPS) is 11.7. The van der Waals surface area contributed by atoms with Crippen molar-refractivity contribution in [2.45, 2.75) is 18.9 Å². The number of nitrogens with two attached hydrogens (primary N) is 1. The third kappa shape index (κ3) is 3.99. The van der Waals surface area contributed by atoms with Gasteiger partial charge in [-0.2, -0.15) is 0 Å². The van der Waals surface area contributed by atoms with E-state index in [1.54, 1.807) is 0 Å². The minimum atomic E-state index is -1.20. The van der Waals surface area contributed by atoms with Gasteiger partial charge in [0.05, 0.1) is 11.0 Å². The second kappa shape index (κ2) is 6.57. The van der Waals surface area contributed by atoms with Crippen molar-refractivity contribution in [2.24, 2.45) is 5.73 Å². The largest absolute Gasteiger partial charge is 0.481 e. The van der Waals surface area contributed by atoms with Gasteiger partial charge in [0.2, 0.25) is 5.91 Å². The van der Waals surface area contributed by atoms with Gasteiger partial charge < -0.3 is 16.2 Å². The van der Waals surface area contributed by atoms with Crippen LogP contribution in [-0.2, 0) is 9.59 Å². The third-order valence-corrected chi connectivity index (χ3v) is 2.44. The van der Waals surface area contributed by atoms with Gasteiger partial charge in [0.15, 0.2) is 11.5 Å². The number of aliphatic carboxylic acids is 1. The number of hydrogen-bond acceptors (Lipinski definition) is 5. The molecule has 1 unspecified atom stereocenters. The second-order valence-electron chi connectivity index (χ2n) is 3.92. The Morgan fingerprint density at radius 2 is 2.15 bits per heavy atom. The Kier molecular flexibility index (Phi) is 5.09. The van der Waals surface area contributed by atoms with Crippen LogP contribution in [0.3, 0.4) is 0 Å². The van der Waals surface area contributed by atoms with E-state index < -0.39 is 40.0 Å². The van der Waals surface area contributed by atoms with E-state index in [-0.39, 0.29) is 12.8 Å². The molecule has 4 N–H and O–H groups in total. The van der Waals surface area contributed by atoms with E-state index in [1.807, 2.05) is 5.32 Å². The van der Waals surface area contributed by atoms with Crippen molar-refractivity contribution < 1.29 is 24.0 Å². The van der Waals surface area contributed by atoms with Crippen LogP contribution < -0.4 is 11.1 Å². The number of carboxylic acids is 1. The van der Waals surface area contributed by atoms with E-state index >= 15 is 0 Å². The Morgan fingerprint density at radius 1 is 1.50 bits per heavy atom. The van der Waals surface area contributed by atoms with Gasteiger partial charge in [0.25, 0.3) is 5.69 Å². The Bertz CT molecular complexity index is 549. The zero-order valence-electron chi connectivity index (χ0n) is 10.2. The summed E-state index contributed by atoms with van der Waals surface area (Å²) >= 11 is 0. The summed E-state index contributed by atoms with van der Waals surface area (Å²) in [6.07, 6.45) is -0.503. The highest BCUT2D eigenvalue weighted by Gasteiger charge is 2.22. The van der Waals surface area contributed by atoms with Crippen LogP contribution in [0.5, 0.6) is 0 Å². The van der Waals surface area contributed by atoms with Crippen molar-refractivity contribution in [1.29, 1.82) is 0 Å². The van der Waals surface area contributed by atoms with E-state index in [9.17, 15) is 24.1 Å². The molecule has 20 heavy (non-hydrogen) atoms. The molecule has 1 atom stereocenters. The predicted molar refractivity (Wildman–Crippen MR) is 66.5 cm³/mol. The Balaban J connectivity index is 2.85. The van der Waals surface area contributed by atoms with Crippen LogP contribution in [0.15, 0.2) is 18.2 Å². The molecule has 0 bridgehead atoms. The molecule has 0 fully saturated rings. The maximum absolute atomic E-state index is 13.5. The topological polar surface area (TPSA) is 136 Å². The summed E-state index contributed by atoms with van der Waals surface area (Å²) in [6, 6.07) is 1.91. The van der Waals surface area contributed by atoms with Crippen LogP contribution in [0.25, 0.3) is 0 Å². The number of nitrogens with zero attached hydrogens (tertiary/aromatic N) is 1. The number of carbonyl (C=O) groups excluding carboxylic acids is 1. The van der Waals surface area contributed by atoms with E-state index in [2.05, 4.69) is 0 Å². The molecule has 1 aromatic carbocycles. The van der Waals surface area contributed by atoms with Crippen molar-refractivity contribution in [3.05, 3.63) is 34.1 Å². The Labute approximate surface area is 112 Å². The number of benzene rings is 1. The van der Waals surface area contributed by atoms with Gasteiger partial charge in [-0.1, -0.05) is 6.07 Å².